The van der Waals surface area contributed by atoms with Crippen molar-refractivity contribution in [3.05, 3.63) is 29.6 Å². The van der Waals surface area contributed by atoms with E-state index in [9.17, 15) is 9.18 Å². The summed E-state index contributed by atoms with van der Waals surface area (Å²) in [4.78, 5) is 13.1. The summed E-state index contributed by atoms with van der Waals surface area (Å²) in [5, 5.41) is 11.2. The van der Waals surface area contributed by atoms with Gasteiger partial charge in [0, 0.05) is 0 Å². The molecule has 1 aromatic rings. The van der Waals surface area contributed by atoms with Crippen LogP contribution in [-0.2, 0) is 4.79 Å². The van der Waals surface area contributed by atoms with Crippen LogP contribution in [0.4, 0.5) is 10.1 Å². The second-order valence-corrected chi connectivity index (χ2v) is 3.56. The van der Waals surface area contributed by atoms with E-state index in [1.807, 2.05) is 0 Å². The maximum Gasteiger partial charge on any atom is 0.238 e. The Bertz CT molecular complexity index is 437. The van der Waals surface area contributed by atoms with E-state index < -0.39 is 5.82 Å². The van der Waals surface area contributed by atoms with Crippen molar-refractivity contribution >= 4 is 11.6 Å². The molecule has 0 aromatic heterocycles. The van der Waals surface area contributed by atoms with Crippen LogP contribution in [0.15, 0.2) is 18.2 Å². The molecule has 0 bridgehead atoms. The first kappa shape index (κ1) is 12.1. The molecular weight excluding hydrogens is 209 g/mol. The number of nitriles is 1. The van der Waals surface area contributed by atoms with Crippen molar-refractivity contribution in [2.24, 2.45) is 0 Å². The highest BCUT2D eigenvalue weighted by Gasteiger charge is 2.10. The van der Waals surface area contributed by atoms with Crippen molar-refractivity contribution in [3.63, 3.8) is 0 Å². The average Bonchev–Trinajstić information content (AvgIpc) is 2.16. The number of nitrogens with one attached hydrogen (secondary N) is 1. The number of benzene rings is 1. The number of rotatable bonds is 3. The normalized spacial score (nSPS) is 9.94. The van der Waals surface area contributed by atoms with Crippen LogP contribution >= 0.6 is 0 Å². The van der Waals surface area contributed by atoms with Gasteiger partial charge >= 0.3 is 0 Å². The van der Waals surface area contributed by atoms with Crippen molar-refractivity contribution < 1.29 is 9.18 Å². The predicted octanol–water partition coefficient (Wildman–Crippen LogP) is 1.20. The molecule has 16 heavy (non-hydrogen) atoms. The van der Waals surface area contributed by atoms with Crippen molar-refractivity contribution in [3.8, 4) is 6.07 Å². The Morgan fingerprint density at radius 3 is 2.81 bits per heavy atom. The van der Waals surface area contributed by atoms with E-state index in [-0.39, 0.29) is 23.7 Å². The molecule has 84 valence electrons. The van der Waals surface area contributed by atoms with Gasteiger partial charge in [-0.05, 0) is 26.2 Å². The number of likely N-dealkylation sites (N-methyl/N-ethyl adjacent to an activating group) is 1. The summed E-state index contributed by atoms with van der Waals surface area (Å²) in [5.74, 6) is -0.919. The quantitative estimate of drug-likeness (QED) is 0.834. The molecular formula is C11H12FN3O. The lowest BCUT2D eigenvalue weighted by Gasteiger charge is -2.11. The van der Waals surface area contributed by atoms with Crippen molar-refractivity contribution in [2.75, 3.05) is 26.0 Å². The monoisotopic (exact) mass is 221 g/mol. The molecule has 0 spiro atoms. The second-order valence-electron chi connectivity index (χ2n) is 3.56. The van der Waals surface area contributed by atoms with Gasteiger partial charge in [0.2, 0.25) is 5.91 Å². The first-order valence-electron chi connectivity index (χ1n) is 4.67. The lowest BCUT2D eigenvalue weighted by atomic mass is 10.2. The van der Waals surface area contributed by atoms with Crippen molar-refractivity contribution in [2.45, 2.75) is 0 Å². The Labute approximate surface area is 93.3 Å². The summed E-state index contributed by atoms with van der Waals surface area (Å²) in [5.41, 5.74) is 0.0592. The van der Waals surface area contributed by atoms with Gasteiger partial charge in [-0.15, -0.1) is 0 Å². The second kappa shape index (κ2) is 5.24. The van der Waals surface area contributed by atoms with Crippen molar-refractivity contribution in [1.29, 1.82) is 5.26 Å². The minimum atomic E-state index is -0.634. The van der Waals surface area contributed by atoms with Gasteiger partial charge < -0.3 is 10.2 Å². The number of hydrogen-bond donors (Lipinski definition) is 1. The third kappa shape index (κ3) is 3.04. The zero-order chi connectivity index (χ0) is 12.1. The number of nitrogens with zero attached hydrogens (tertiary/aromatic N) is 2. The summed E-state index contributed by atoms with van der Waals surface area (Å²) >= 11 is 0. The summed E-state index contributed by atoms with van der Waals surface area (Å²) in [6, 6.07) is 5.84. The Kier molecular flexibility index (Phi) is 3.97. The van der Waals surface area contributed by atoms with Crippen LogP contribution in [0, 0.1) is 17.1 Å². The van der Waals surface area contributed by atoms with Crippen LogP contribution in [0.2, 0.25) is 0 Å². The number of halogens is 1. The maximum atomic E-state index is 13.2. The molecule has 0 heterocycles. The fourth-order valence-corrected chi connectivity index (χ4v) is 1.22. The molecule has 1 aromatic carbocycles. The van der Waals surface area contributed by atoms with Gasteiger partial charge in [-0.25, -0.2) is 4.39 Å². The van der Waals surface area contributed by atoms with Gasteiger partial charge in [-0.2, -0.15) is 5.26 Å². The van der Waals surface area contributed by atoms with E-state index in [4.69, 9.17) is 5.26 Å². The molecule has 5 heteroatoms. The van der Waals surface area contributed by atoms with E-state index in [0.717, 1.165) is 0 Å². The van der Waals surface area contributed by atoms with Crippen LogP contribution in [0.25, 0.3) is 0 Å². The zero-order valence-corrected chi connectivity index (χ0v) is 9.12. The molecule has 0 saturated carbocycles. The van der Waals surface area contributed by atoms with Crippen LogP contribution in [0.3, 0.4) is 0 Å². The van der Waals surface area contributed by atoms with Crippen LogP contribution in [-0.4, -0.2) is 31.4 Å². The lowest BCUT2D eigenvalue weighted by Crippen LogP contribution is -2.27. The van der Waals surface area contributed by atoms with Gasteiger partial charge in [0.25, 0.3) is 0 Å². The molecule has 1 N–H and O–H groups in total. The van der Waals surface area contributed by atoms with Gasteiger partial charge in [0.05, 0.1) is 12.2 Å². The number of hydrogen-bond acceptors (Lipinski definition) is 3. The molecule has 0 fully saturated rings. The minimum absolute atomic E-state index is 0.144. The number of carbonyl (C=O) groups excluding carboxylic acids is 1. The van der Waals surface area contributed by atoms with Crippen molar-refractivity contribution in [1.82, 2.24) is 4.90 Å². The summed E-state index contributed by atoms with van der Waals surface area (Å²) in [6.45, 7) is 0.182. The molecule has 0 unspecified atom stereocenters. The van der Waals surface area contributed by atoms with Gasteiger partial charge in [-0.1, -0.05) is 6.07 Å². The molecule has 4 nitrogen and oxygen atoms in total. The third-order valence-electron chi connectivity index (χ3n) is 1.86. The summed E-state index contributed by atoms with van der Waals surface area (Å²) in [7, 11) is 3.49. The molecule has 1 amide bonds. The van der Waals surface area contributed by atoms with E-state index in [2.05, 4.69) is 5.32 Å². The molecule has 0 atom stereocenters. The Balaban J connectivity index is 2.86. The van der Waals surface area contributed by atoms with E-state index in [1.54, 1.807) is 25.1 Å². The fraction of sp³-hybridized carbons (Fsp3) is 0.273. The fourth-order valence-electron chi connectivity index (χ4n) is 1.22. The molecule has 0 saturated heterocycles. The van der Waals surface area contributed by atoms with E-state index in [0.29, 0.717) is 0 Å². The molecule has 1 rings (SSSR count). The first-order chi connectivity index (χ1) is 7.54. The molecule has 0 aliphatic carbocycles. The number of amides is 1. The van der Waals surface area contributed by atoms with E-state index >= 15 is 0 Å². The molecule has 0 radical (unpaired) electrons. The number of carbonyl (C=O) groups is 1. The topological polar surface area (TPSA) is 56.1 Å². The van der Waals surface area contributed by atoms with E-state index in [1.165, 1.54) is 18.2 Å². The summed E-state index contributed by atoms with van der Waals surface area (Å²) in [6.07, 6.45) is 0. The third-order valence-corrected chi connectivity index (χ3v) is 1.86. The molecule has 0 aliphatic rings. The minimum Gasteiger partial charge on any atom is -0.324 e. The first-order valence-corrected chi connectivity index (χ1v) is 4.67. The predicted molar refractivity (Wildman–Crippen MR) is 58.3 cm³/mol. The highest BCUT2D eigenvalue weighted by atomic mass is 19.1. The maximum absolute atomic E-state index is 13.2. The van der Waals surface area contributed by atoms with Gasteiger partial charge in [-0.3, -0.25) is 4.79 Å². The Hall–Kier alpha value is -1.93. The zero-order valence-electron chi connectivity index (χ0n) is 9.12. The standard InChI is InChI=1S/C11H12FN3O/c1-15(2)7-11(16)14-10-5-3-4-9(12)8(10)6-13/h3-5H,7H2,1-2H3,(H,14,16). The highest BCUT2D eigenvalue weighted by Crippen LogP contribution is 2.17. The average molecular weight is 221 g/mol. The Morgan fingerprint density at radius 2 is 2.25 bits per heavy atom. The van der Waals surface area contributed by atoms with Crippen LogP contribution < -0.4 is 5.32 Å². The smallest absolute Gasteiger partial charge is 0.238 e. The highest BCUT2D eigenvalue weighted by molar-refractivity contribution is 5.93. The molecule has 0 aliphatic heterocycles. The SMILES string of the molecule is CN(C)CC(=O)Nc1cccc(F)c1C#N. The largest absolute Gasteiger partial charge is 0.324 e. The van der Waals surface area contributed by atoms with Crippen LogP contribution in [0.1, 0.15) is 5.56 Å². The van der Waals surface area contributed by atoms with Gasteiger partial charge in [0.1, 0.15) is 17.4 Å². The van der Waals surface area contributed by atoms with Crippen LogP contribution in [0.5, 0.6) is 0 Å². The van der Waals surface area contributed by atoms with Gasteiger partial charge in [0.15, 0.2) is 0 Å². The number of anilines is 1. The Morgan fingerprint density at radius 1 is 1.56 bits per heavy atom. The summed E-state index contributed by atoms with van der Waals surface area (Å²) < 4.78 is 13.2. The lowest BCUT2D eigenvalue weighted by molar-refractivity contribution is -0.116.